The van der Waals surface area contributed by atoms with Crippen molar-refractivity contribution < 1.29 is 4.79 Å². The normalized spacial score (nSPS) is 11.1. The van der Waals surface area contributed by atoms with Crippen LogP contribution in [0.1, 0.15) is 22.3 Å². The molecular weight excluding hydrogens is 260 g/mol. The van der Waals surface area contributed by atoms with E-state index in [9.17, 15) is 4.79 Å². The van der Waals surface area contributed by atoms with Gasteiger partial charge in [-0.3, -0.25) is 4.79 Å². The third-order valence-corrected chi connectivity index (χ3v) is 2.97. The van der Waals surface area contributed by atoms with Crippen LogP contribution in [0, 0.1) is 13.8 Å². The lowest BCUT2D eigenvalue weighted by Crippen LogP contribution is -2.14. The van der Waals surface area contributed by atoms with Crippen molar-refractivity contribution in [2.45, 2.75) is 13.8 Å². The van der Waals surface area contributed by atoms with E-state index in [0.717, 1.165) is 11.1 Å². The summed E-state index contributed by atoms with van der Waals surface area (Å²) in [5.74, 6) is -0.251. The Hall–Kier alpha value is -2.68. The molecule has 1 N–H and O–H groups in total. The van der Waals surface area contributed by atoms with Crippen molar-refractivity contribution in [3.63, 3.8) is 0 Å². The van der Waals surface area contributed by atoms with Crippen LogP contribution in [-0.2, 0) is 4.79 Å². The third-order valence-electron chi connectivity index (χ3n) is 2.97. The molecule has 0 aliphatic rings. The molecule has 0 bridgehead atoms. The first-order chi connectivity index (χ1) is 10.1. The fraction of sp³-hybridized carbons (Fsp3) is 0.111. The highest BCUT2D eigenvalue weighted by Crippen LogP contribution is 2.04. The highest BCUT2D eigenvalue weighted by molar-refractivity contribution is 5.92. The number of aryl methyl sites for hydroxylation is 2. The lowest BCUT2D eigenvalue weighted by atomic mass is 10.1. The second-order valence-electron chi connectivity index (χ2n) is 4.89. The maximum atomic E-state index is 11.6. The molecule has 0 saturated heterocycles. The smallest absolute Gasteiger partial charge is 0.264 e. The second-order valence-corrected chi connectivity index (χ2v) is 4.89. The van der Waals surface area contributed by atoms with Gasteiger partial charge in [-0.15, -0.1) is 0 Å². The molecule has 0 aliphatic carbocycles. The fourth-order valence-electron chi connectivity index (χ4n) is 1.71. The van der Waals surface area contributed by atoms with E-state index < -0.39 is 0 Å². The van der Waals surface area contributed by atoms with Gasteiger partial charge in [0.15, 0.2) is 0 Å². The van der Waals surface area contributed by atoms with E-state index in [1.165, 1.54) is 17.2 Å². The molecular formula is C18H18N2O. The lowest BCUT2D eigenvalue weighted by molar-refractivity contribution is -0.116. The van der Waals surface area contributed by atoms with Gasteiger partial charge in [0.05, 0.1) is 6.21 Å². The number of hydrazone groups is 1. The Morgan fingerprint density at radius 1 is 0.905 bits per heavy atom. The van der Waals surface area contributed by atoms with E-state index >= 15 is 0 Å². The van der Waals surface area contributed by atoms with Gasteiger partial charge in [0.25, 0.3) is 5.91 Å². The summed E-state index contributed by atoms with van der Waals surface area (Å²) in [6.07, 6.45) is 4.85. The molecule has 21 heavy (non-hydrogen) atoms. The van der Waals surface area contributed by atoms with Crippen molar-refractivity contribution in [1.29, 1.82) is 0 Å². The third kappa shape index (κ3) is 5.07. The number of nitrogens with one attached hydrogen (secondary N) is 1. The van der Waals surface area contributed by atoms with E-state index in [1.54, 1.807) is 12.3 Å². The highest BCUT2D eigenvalue weighted by atomic mass is 16.2. The lowest BCUT2D eigenvalue weighted by Gasteiger charge is -1.96. The van der Waals surface area contributed by atoms with Crippen molar-refractivity contribution in [3.8, 4) is 0 Å². The Labute approximate surface area is 125 Å². The molecule has 0 atom stereocenters. The molecule has 3 heteroatoms. The summed E-state index contributed by atoms with van der Waals surface area (Å²) in [5.41, 5.74) is 6.79. The summed E-state index contributed by atoms with van der Waals surface area (Å²) < 4.78 is 0. The molecule has 0 spiro atoms. The van der Waals surface area contributed by atoms with Crippen LogP contribution in [0.2, 0.25) is 0 Å². The highest BCUT2D eigenvalue weighted by Gasteiger charge is 1.93. The molecule has 0 aromatic heterocycles. The van der Waals surface area contributed by atoms with E-state index in [4.69, 9.17) is 0 Å². The van der Waals surface area contributed by atoms with Crippen LogP contribution in [-0.4, -0.2) is 12.1 Å². The average molecular weight is 278 g/mol. The fourth-order valence-corrected chi connectivity index (χ4v) is 1.71. The Balaban J connectivity index is 1.87. The topological polar surface area (TPSA) is 41.5 Å². The molecule has 2 aromatic rings. The summed E-state index contributed by atoms with van der Waals surface area (Å²) in [6.45, 7) is 4.05. The molecule has 1 amide bonds. The Morgan fingerprint density at radius 2 is 1.43 bits per heavy atom. The summed E-state index contributed by atoms with van der Waals surface area (Å²) >= 11 is 0. The second kappa shape index (κ2) is 7.20. The Kier molecular flexibility index (Phi) is 5.04. The number of hydrogen-bond acceptors (Lipinski definition) is 2. The molecule has 2 rings (SSSR count). The zero-order valence-corrected chi connectivity index (χ0v) is 12.2. The Morgan fingerprint density at radius 3 is 2.00 bits per heavy atom. The van der Waals surface area contributed by atoms with Crippen LogP contribution in [0.25, 0.3) is 6.08 Å². The summed E-state index contributed by atoms with van der Waals surface area (Å²) in [4.78, 5) is 11.6. The molecule has 0 unspecified atom stereocenters. The van der Waals surface area contributed by atoms with Gasteiger partial charge < -0.3 is 0 Å². The van der Waals surface area contributed by atoms with E-state index in [-0.39, 0.29) is 5.91 Å². The van der Waals surface area contributed by atoms with Gasteiger partial charge in [-0.05, 0) is 31.1 Å². The monoisotopic (exact) mass is 278 g/mol. The number of carbonyl (C=O) groups is 1. The average Bonchev–Trinajstić information content (AvgIpc) is 2.49. The van der Waals surface area contributed by atoms with Gasteiger partial charge in [-0.25, -0.2) is 5.43 Å². The zero-order chi connectivity index (χ0) is 15.1. The quantitative estimate of drug-likeness (QED) is 0.519. The first kappa shape index (κ1) is 14.7. The standard InChI is InChI=1S/C18H18N2O/c1-14-3-7-16(8-4-14)11-12-18(21)20-19-13-17-9-5-15(2)6-10-17/h3-13H,1-2H3,(H,20,21)/b12-11+,19-13-. The minimum atomic E-state index is -0.251. The Bertz CT molecular complexity index is 653. The summed E-state index contributed by atoms with van der Waals surface area (Å²) in [5, 5.41) is 3.92. The van der Waals surface area contributed by atoms with Gasteiger partial charge in [0.1, 0.15) is 0 Å². The SMILES string of the molecule is Cc1ccc(/C=N\NC(=O)/C=C/c2ccc(C)cc2)cc1. The van der Waals surface area contributed by atoms with Gasteiger partial charge >= 0.3 is 0 Å². The van der Waals surface area contributed by atoms with Gasteiger partial charge in [0.2, 0.25) is 0 Å². The van der Waals surface area contributed by atoms with Gasteiger partial charge in [0, 0.05) is 6.08 Å². The first-order valence-corrected chi connectivity index (χ1v) is 6.78. The van der Waals surface area contributed by atoms with Crippen molar-refractivity contribution in [2.75, 3.05) is 0 Å². The number of amides is 1. The molecule has 2 aromatic carbocycles. The van der Waals surface area contributed by atoms with Crippen LogP contribution in [0.15, 0.2) is 59.7 Å². The number of benzene rings is 2. The maximum absolute atomic E-state index is 11.6. The predicted octanol–water partition coefficient (Wildman–Crippen LogP) is 3.47. The van der Waals surface area contributed by atoms with E-state index in [2.05, 4.69) is 10.5 Å². The minimum Gasteiger partial charge on any atom is -0.268 e. The number of rotatable bonds is 4. The van der Waals surface area contributed by atoms with Crippen LogP contribution in [0.5, 0.6) is 0 Å². The van der Waals surface area contributed by atoms with E-state index in [0.29, 0.717) is 0 Å². The van der Waals surface area contributed by atoms with Gasteiger partial charge in [-0.2, -0.15) is 5.10 Å². The molecule has 0 saturated carbocycles. The van der Waals surface area contributed by atoms with Crippen molar-refractivity contribution in [1.82, 2.24) is 5.43 Å². The predicted molar refractivity (Wildman–Crippen MR) is 87.1 cm³/mol. The number of nitrogens with zero attached hydrogens (tertiary/aromatic N) is 1. The van der Waals surface area contributed by atoms with Crippen LogP contribution >= 0.6 is 0 Å². The largest absolute Gasteiger partial charge is 0.268 e. The number of carbonyl (C=O) groups excluding carboxylic acids is 1. The van der Waals surface area contributed by atoms with Crippen LogP contribution in [0.3, 0.4) is 0 Å². The van der Waals surface area contributed by atoms with Crippen molar-refractivity contribution in [3.05, 3.63) is 76.9 Å². The molecule has 0 aliphatic heterocycles. The maximum Gasteiger partial charge on any atom is 0.264 e. The van der Waals surface area contributed by atoms with Crippen molar-refractivity contribution in [2.24, 2.45) is 5.10 Å². The molecule has 106 valence electrons. The van der Waals surface area contributed by atoms with Crippen LogP contribution in [0.4, 0.5) is 0 Å². The minimum absolute atomic E-state index is 0.251. The molecule has 3 nitrogen and oxygen atoms in total. The zero-order valence-electron chi connectivity index (χ0n) is 12.2. The summed E-state index contributed by atoms with van der Waals surface area (Å²) in [7, 11) is 0. The first-order valence-electron chi connectivity index (χ1n) is 6.78. The van der Waals surface area contributed by atoms with Gasteiger partial charge in [-0.1, -0.05) is 59.7 Å². The van der Waals surface area contributed by atoms with Crippen molar-refractivity contribution >= 4 is 18.2 Å². The molecule has 0 heterocycles. The molecule has 0 radical (unpaired) electrons. The molecule has 0 fully saturated rings. The number of hydrogen-bond donors (Lipinski definition) is 1. The van der Waals surface area contributed by atoms with Crippen LogP contribution < -0.4 is 5.43 Å². The summed E-state index contributed by atoms with van der Waals surface area (Å²) in [6, 6.07) is 15.9. The van der Waals surface area contributed by atoms with E-state index in [1.807, 2.05) is 62.4 Å².